The number of nitrogens with zero attached hydrogens (tertiary/aromatic N) is 1. The van der Waals surface area contributed by atoms with Gasteiger partial charge in [-0.25, -0.2) is 14.6 Å². The van der Waals surface area contributed by atoms with Gasteiger partial charge in [0.25, 0.3) is 0 Å². The SMILES string of the molecule is CCc1cnc(CNC(=O)NC(CC)C(=O)O)o1. The first-order chi connectivity index (χ1) is 8.56. The third-order valence-electron chi connectivity index (χ3n) is 2.36. The van der Waals surface area contributed by atoms with Crippen molar-refractivity contribution in [2.24, 2.45) is 0 Å². The average molecular weight is 255 g/mol. The Balaban J connectivity index is 2.38. The Labute approximate surface area is 105 Å². The lowest BCUT2D eigenvalue weighted by Gasteiger charge is -2.12. The van der Waals surface area contributed by atoms with Gasteiger partial charge in [0, 0.05) is 6.42 Å². The zero-order valence-electron chi connectivity index (χ0n) is 10.4. The third kappa shape index (κ3) is 4.08. The fourth-order valence-corrected chi connectivity index (χ4v) is 1.30. The topological polar surface area (TPSA) is 104 Å². The van der Waals surface area contributed by atoms with Crippen molar-refractivity contribution >= 4 is 12.0 Å². The summed E-state index contributed by atoms with van der Waals surface area (Å²) in [6.45, 7) is 3.74. The van der Waals surface area contributed by atoms with Crippen molar-refractivity contribution in [3.63, 3.8) is 0 Å². The van der Waals surface area contributed by atoms with Crippen LogP contribution in [-0.4, -0.2) is 28.1 Å². The van der Waals surface area contributed by atoms with Gasteiger partial charge in [0.1, 0.15) is 11.8 Å². The first-order valence-electron chi connectivity index (χ1n) is 5.77. The summed E-state index contributed by atoms with van der Waals surface area (Å²) in [6, 6.07) is -1.44. The van der Waals surface area contributed by atoms with Gasteiger partial charge in [0.2, 0.25) is 5.89 Å². The Morgan fingerprint density at radius 3 is 2.72 bits per heavy atom. The maximum absolute atomic E-state index is 11.4. The number of carboxylic acids is 1. The number of aryl methyl sites for hydroxylation is 1. The van der Waals surface area contributed by atoms with E-state index in [1.54, 1.807) is 13.1 Å². The van der Waals surface area contributed by atoms with E-state index in [9.17, 15) is 9.59 Å². The van der Waals surface area contributed by atoms with Crippen LogP contribution in [0.25, 0.3) is 0 Å². The van der Waals surface area contributed by atoms with E-state index in [2.05, 4.69) is 15.6 Å². The first-order valence-corrected chi connectivity index (χ1v) is 5.77. The predicted molar refractivity (Wildman–Crippen MR) is 63.0 cm³/mol. The fraction of sp³-hybridized carbons (Fsp3) is 0.545. The molecule has 0 fully saturated rings. The fourth-order valence-electron chi connectivity index (χ4n) is 1.30. The van der Waals surface area contributed by atoms with Crippen LogP contribution < -0.4 is 10.6 Å². The molecule has 0 aliphatic heterocycles. The van der Waals surface area contributed by atoms with Gasteiger partial charge >= 0.3 is 12.0 Å². The summed E-state index contributed by atoms with van der Waals surface area (Å²) in [5, 5.41) is 13.6. The normalized spacial score (nSPS) is 11.9. The van der Waals surface area contributed by atoms with E-state index >= 15 is 0 Å². The van der Waals surface area contributed by atoms with E-state index in [1.807, 2.05) is 6.92 Å². The predicted octanol–water partition coefficient (Wildman–Crippen LogP) is 0.899. The number of hydrogen-bond donors (Lipinski definition) is 3. The Bertz CT molecular complexity index is 416. The molecule has 0 saturated carbocycles. The summed E-state index contributed by atoms with van der Waals surface area (Å²) in [5.41, 5.74) is 0. The minimum absolute atomic E-state index is 0.127. The van der Waals surface area contributed by atoms with Crippen LogP contribution in [0.5, 0.6) is 0 Å². The number of carbonyl (C=O) groups excluding carboxylic acids is 1. The molecule has 18 heavy (non-hydrogen) atoms. The Morgan fingerprint density at radius 2 is 2.22 bits per heavy atom. The standard InChI is InChI=1S/C11H17N3O4/c1-3-7-5-12-9(18-7)6-13-11(17)14-8(4-2)10(15)16/h5,8H,3-4,6H2,1-2H3,(H,15,16)(H2,13,14,17). The third-order valence-corrected chi connectivity index (χ3v) is 2.36. The largest absolute Gasteiger partial charge is 0.480 e. The number of nitrogens with one attached hydrogen (secondary N) is 2. The molecule has 0 aromatic carbocycles. The molecule has 3 N–H and O–H groups in total. The molecule has 0 bridgehead atoms. The molecule has 1 atom stereocenters. The zero-order valence-corrected chi connectivity index (χ0v) is 10.4. The molecule has 0 aliphatic rings. The maximum Gasteiger partial charge on any atom is 0.326 e. The molecule has 7 heteroatoms. The molecule has 2 amide bonds. The van der Waals surface area contributed by atoms with Gasteiger partial charge in [-0.15, -0.1) is 0 Å². The zero-order chi connectivity index (χ0) is 13.5. The van der Waals surface area contributed by atoms with Crippen LogP contribution in [0.15, 0.2) is 10.6 Å². The summed E-state index contributed by atoms with van der Waals surface area (Å²) in [7, 11) is 0. The minimum atomic E-state index is -1.06. The second-order valence-corrected chi connectivity index (χ2v) is 3.70. The maximum atomic E-state index is 11.4. The lowest BCUT2D eigenvalue weighted by atomic mass is 10.2. The molecule has 1 heterocycles. The number of carbonyl (C=O) groups is 2. The van der Waals surface area contributed by atoms with Crippen molar-refractivity contribution in [3.05, 3.63) is 17.8 Å². The van der Waals surface area contributed by atoms with Crippen LogP contribution in [0, 0.1) is 0 Å². The Morgan fingerprint density at radius 1 is 1.50 bits per heavy atom. The van der Waals surface area contributed by atoms with Crippen LogP contribution in [0.2, 0.25) is 0 Å². The number of aliphatic carboxylic acids is 1. The van der Waals surface area contributed by atoms with Crippen molar-refractivity contribution < 1.29 is 19.1 Å². The molecular formula is C11H17N3O4. The van der Waals surface area contributed by atoms with Crippen molar-refractivity contribution in [3.8, 4) is 0 Å². The summed E-state index contributed by atoms with van der Waals surface area (Å²) in [6.07, 6.45) is 2.65. The number of aromatic nitrogens is 1. The van der Waals surface area contributed by atoms with Gasteiger partial charge in [-0.3, -0.25) is 0 Å². The van der Waals surface area contributed by atoms with Crippen LogP contribution in [0.4, 0.5) is 4.79 Å². The highest BCUT2D eigenvalue weighted by atomic mass is 16.4. The van der Waals surface area contributed by atoms with E-state index in [-0.39, 0.29) is 6.54 Å². The van der Waals surface area contributed by atoms with E-state index in [1.165, 1.54) is 0 Å². The molecule has 1 aromatic rings. The molecule has 100 valence electrons. The van der Waals surface area contributed by atoms with Crippen molar-refractivity contribution in [1.29, 1.82) is 0 Å². The summed E-state index contributed by atoms with van der Waals surface area (Å²) in [5.74, 6) is 0.0756. The number of urea groups is 1. The molecule has 0 radical (unpaired) electrons. The molecule has 7 nitrogen and oxygen atoms in total. The number of rotatable bonds is 6. The van der Waals surface area contributed by atoms with E-state index in [0.29, 0.717) is 12.3 Å². The lowest BCUT2D eigenvalue weighted by molar-refractivity contribution is -0.139. The summed E-state index contributed by atoms with van der Waals surface area (Å²) in [4.78, 5) is 26.1. The molecule has 1 unspecified atom stereocenters. The number of hydrogen-bond acceptors (Lipinski definition) is 4. The highest BCUT2D eigenvalue weighted by molar-refractivity contribution is 5.82. The highest BCUT2D eigenvalue weighted by Gasteiger charge is 2.17. The molecule has 0 spiro atoms. The van der Waals surface area contributed by atoms with Gasteiger partial charge in [0.05, 0.1) is 12.7 Å². The van der Waals surface area contributed by atoms with Gasteiger partial charge in [-0.05, 0) is 6.42 Å². The number of oxazole rings is 1. The van der Waals surface area contributed by atoms with E-state index < -0.39 is 18.0 Å². The first kappa shape index (κ1) is 14.0. The van der Waals surface area contributed by atoms with Crippen molar-refractivity contribution in [1.82, 2.24) is 15.6 Å². The smallest absolute Gasteiger partial charge is 0.326 e. The highest BCUT2D eigenvalue weighted by Crippen LogP contribution is 2.03. The van der Waals surface area contributed by atoms with Crippen molar-refractivity contribution in [2.45, 2.75) is 39.3 Å². The Hall–Kier alpha value is -2.05. The van der Waals surface area contributed by atoms with Crippen LogP contribution in [0.3, 0.4) is 0 Å². The van der Waals surface area contributed by atoms with Crippen LogP contribution >= 0.6 is 0 Å². The number of amides is 2. The summed E-state index contributed by atoms with van der Waals surface area (Å²) < 4.78 is 5.29. The minimum Gasteiger partial charge on any atom is -0.480 e. The van der Waals surface area contributed by atoms with Gasteiger partial charge < -0.3 is 20.2 Å². The second kappa shape index (κ2) is 6.63. The molecule has 1 aromatic heterocycles. The van der Waals surface area contributed by atoms with E-state index in [4.69, 9.17) is 9.52 Å². The molecule has 0 saturated heterocycles. The Kier molecular flexibility index (Phi) is 5.16. The average Bonchev–Trinajstić information content (AvgIpc) is 2.81. The summed E-state index contributed by atoms with van der Waals surface area (Å²) >= 11 is 0. The monoisotopic (exact) mass is 255 g/mol. The van der Waals surface area contributed by atoms with Gasteiger partial charge in [0.15, 0.2) is 0 Å². The van der Waals surface area contributed by atoms with Gasteiger partial charge in [-0.2, -0.15) is 0 Å². The lowest BCUT2D eigenvalue weighted by Crippen LogP contribution is -2.45. The van der Waals surface area contributed by atoms with Crippen LogP contribution in [0.1, 0.15) is 31.9 Å². The second-order valence-electron chi connectivity index (χ2n) is 3.70. The van der Waals surface area contributed by atoms with Gasteiger partial charge in [-0.1, -0.05) is 13.8 Å². The molecular weight excluding hydrogens is 238 g/mol. The number of carboxylic acid groups (broad SMARTS) is 1. The molecule has 0 aliphatic carbocycles. The van der Waals surface area contributed by atoms with Crippen molar-refractivity contribution in [2.75, 3.05) is 0 Å². The van der Waals surface area contributed by atoms with Crippen LogP contribution in [-0.2, 0) is 17.8 Å². The van der Waals surface area contributed by atoms with E-state index in [0.717, 1.165) is 12.2 Å². The quantitative estimate of drug-likeness (QED) is 0.700. The molecule has 1 rings (SSSR count).